The Hall–Kier alpha value is -2.08. The van der Waals surface area contributed by atoms with Crippen molar-refractivity contribution in [2.45, 2.75) is 6.92 Å². The molecule has 0 atom stereocenters. The summed E-state index contributed by atoms with van der Waals surface area (Å²) in [6.07, 6.45) is 1.81. The number of aryl methyl sites for hydroxylation is 1. The number of methoxy groups -OCH3 is 1. The number of aromatic carboxylic acids is 1. The Balaban J connectivity index is 0.00000160. The molecule has 0 fully saturated rings. The first kappa shape index (κ1) is 21.6. The van der Waals surface area contributed by atoms with Crippen molar-refractivity contribution in [3.63, 3.8) is 0 Å². The molecule has 7 heteroatoms. The molecule has 1 aliphatic heterocycles. The van der Waals surface area contributed by atoms with E-state index in [-0.39, 0.29) is 51.4 Å². The van der Waals surface area contributed by atoms with Crippen LogP contribution in [0.15, 0.2) is 48.5 Å². The number of carboxylic acid groups (broad SMARTS) is 1. The molecule has 3 aromatic rings. The second-order valence-electron chi connectivity index (χ2n) is 6.42. The molecule has 0 aliphatic carbocycles. The van der Waals surface area contributed by atoms with Crippen LogP contribution in [0.2, 0.25) is 0 Å². The van der Waals surface area contributed by atoms with E-state index in [0.29, 0.717) is 11.1 Å². The van der Waals surface area contributed by atoms with E-state index in [0.717, 1.165) is 37.0 Å². The van der Waals surface area contributed by atoms with Gasteiger partial charge < -0.3 is 1.43 Å². The van der Waals surface area contributed by atoms with Crippen molar-refractivity contribution >= 4 is 43.7 Å². The van der Waals surface area contributed by atoms with Gasteiger partial charge in [-0.3, -0.25) is 0 Å². The van der Waals surface area contributed by atoms with Crippen molar-refractivity contribution < 1.29 is 50.4 Å². The van der Waals surface area contributed by atoms with E-state index in [1.165, 1.54) is 0 Å². The molecular formula is C22H18NNaO4Se. The fraction of sp³-hybridized carbons (Fsp3) is 0.0909. The number of ether oxygens (including phenoxy) is 1. The third-order valence-corrected chi connectivity index (χ3v) is 6.77. The van der Waals surface area contributed by atoms with Crippen LogP contribution in [0.5, 0.6) is 5.75 Å². The number of anilines is 1. The quantitative estimate of drug-likeness (QED) is 0.449. The number of hydrogen-bond donors (Lipinski definition) is 2. The maximum Gasteiger partial charge on any atom is 1.00 e. The summed E-state index contributed by atoms with van der Waals surface area (Å²) in [6.45, 7) is 1.83. The normalized spacial score (nSPS) is 13.6. The maximum atomic E-state index is 12.5. The van der Waals surface area contributed by atoms with Crippen LogP contribution in [0.4, 0.5) is 5.69 Å². The molecule has 0 spiro atoms. The van der Waals surface area contributed by atoms with Crippen molar-refractivity contribution in [2.24, 2.45) is 0 Å². The average molecular weight is 462 g/mol. The van der Waals surface area contributed by atoms with Crippen LogP contribution in [0.25, 0.3) is 22.8 Å². The van der Waals surface area contributed by atoms with Gasteiger partial charge in [-0.1, -0.05) is 0 Å². The fourth-order valence-electron chi connectivity index (χ4n) is 3.23. The summed E-state index contributed by atoms with van der Waals surface area (Å²) in [7, 11) is 1.63. The summed E-state index contributed by atoms with van der Waals surface area (Å²) in [5.41, 5.74) is 4.53. The monoisotopic (exact) mass is 463 g/mol. The summed E-state index contributed by atoms with van der Waals surface area (Å²) >= 11 is -0.0766. The topological polar surface area (TPSA) is 75.6 Å². The van der Waals surface area contributed by atoms with Crippen molar-refractivity contribution in [2.75, 3.05) is 12.4 Å². The van der Waals surface area contributed by atoms with Crippen LogP contribution in [0.1, 0.15) is 26.2 Å². The average Bonchev–Trinajstić information content (AvgIpc) is 3.21. The molecule has 2 aromatic carbocycles. The third-order valence-electron chi connectivity index (χ3n) is 4.68. The van der Waals surface area contributed by atoms with Crippen LogP contribution >= 0.6 is 0 Å². The zero-order valence-corrected chi connectivity index (χ0v) is 20.0. The number of fused-ring (bicyclic) bond motifs is 1. The van der Waals surface area contributed by atoms with E-state index in [1.807, 2.05) is 55.5 Å². The van der Waals surface area contributed by atoms with E-state index in [4.69, 9.17) is 4.74 Å². The first-order valence-electron chi connectivity index (χ1n) is 8.62. The number of carboxylic acids is 1. The Kier molecular flexibility index (Phi) is 6.52. The van der Waals surface area contributed by atoms with Gasteiger partial charge in [-0.05, 0) is 0 Å². The first-order valence-corrected chi connectivity index (χ1v) is 10.3. The van der Waals surface area contributed by atoms with Crippen molar-refractivity contribution in [3.05, 3.63) is 68.5 Å². The summed E-state index contributed by atoms with van der Waals surface area (Å²) in [5.74, 6) is -0.298. The molecule has 2 heterocycles. The molecule has 0 saturated heterocycles. The second-order valence-corrected chi connectivity index (χ2v) is 9.13. The van der Waals surface area contributed by atoms with Gasteiger partial charge in [-0.15, -0.1) is 0 Å². The van der Waals surface area contributed by atoms with Crippen LogP contribution < -0.4 is 39.6 Å². The first-order chi connectivity index (χ1) is 13.5. The number of nitrogens with one attached hydrogen (secondary N) is 1. The predicted molar refractivity (Wildman–Crippen MR) is 111 cm³/mol. The third kappa shape index (κ3) is 4.27. The Morgan fingerprint density at radius 3 is 2.45 bits per heavy atom. The molecule has 29 heavy (non-hydrogen) atoms. The Morgan fingerprint density at radius 1 is 1.14 bits per heavy atom. The van der Waals surface area contributed by atoms with E-state index in [2.05, 4.69) is 5.32 Å². The molecule has 4 rings (SSSR count). The molecule has 1 aliphatic rings. The van der Waals surface area contributed by atoms with E-state index in [1.54, 1.807) is 13.2 Å². The molecular weight excluding hydrogens is 444 g/mol. The maximum absolute atomic E-state index is 12.5. The molecule has 142 valence electrons. The van der Waals surface area contributed by atoms with Crippen LogP contribution in [-0.4, -0.2) is 38.6 Å². The molecule has 2 N–H and O–H groups in total. The molecule has 0 unspecified atom stereocenters. The molecule has 0 saturated carbocycles. The molecule has 0 radical (unpaired) electrons. The zero-order chi connectivity index (χ0) is 19.8. The van der Waals surface area contributed by atoms with Gasteiger partial charge in [0.05, 0.1) is 7.11 Å². The number of amides is 1. The van der Waals surface area contributed by atoms with Crippen LogP contribution in [-0.2, 0) is 4.79 Å². The van der Waals surface area contributed by atoms with Gasteiger partial charge in [0.2, 0.25) is 0 Å². The van der Waals surface area contributed by atoms with Crippen molar-refractivity contribution in [1.82, 2.24) is 0 Å². The largest absolute Gasteiger partial charge is 1.00 e. The van der Waals surface area contributed by atoms with Gasteiger partial charge in [0.1, 0.15) is 0 Å². The molecule has 1 amide bonds. The SMILES string of the molecule is COc1ccc(-c2ccc3c(c2)NC(=O)/C3=C\c2cc(C(=O)O)c(C)[se]2)cc1.[H-].[Na+]. The number of carbonyl (C=O) groups excluding carboxylic acids is 1. The van der Waals surface area contributed by atoms with Gasteiger partial charge >= 0.3 is 190 Å². The van der Waals surface area contributed by atoms with Crippen LogP contribution in [0.3, 0.4) is 0 Å². The van der Waals surface area contributed by atoms with Gasteiger partial charge in [-0.2, -0.15) is 0 Å². The smallest absolute Gasteiger partial charge is 1.00 e. The summed E-state index contributed by atoms with van der Waals surface area (Å²) < 4.78 is 6.94. The van der Waals surface area contributed by atoms with E-state index < -0.39 is 5.97 Å². The van der Waals surface area contributed by atoms with E-state index in [9.17, 15) is 14.7 Å². The van der Waals surface area contributed by atoms with Crippen LogP contribution in [0, 0.1) is 6.92 Å². The minimum absolute atomic E-state index is 0. The predicted octanol–water partition coefficient (Wildman–Crippen LogP) is 1.04. The molecule has 5 nitrogen and oxygen atoms in total. The number of benzene rings is 2. The zero-order valence-electron chi connectivity index (χ0n) is 17.3. The van der Waals surface area contributed by atoms with Gasteiger partial charge in [0.25, 0.3) is 0 Å². The van der Waals surface area contributed by atoms with Gasteiger partial charge in [0.15, 0.2) is 0 Å². The van der Waals surface area contributed by atoms with E-state index >= 15 is 0 Å². The summed E-state index contributed by atoms with van der Waals surface area (Å²) in [6, 6.07) is 15.3. The van der Waals surface area contributed by atoms with Gasteiger partial charge in [0, 0.05) is 0 Å². The van der Waals surface area contributed by atoms with Crippen molar-refractivity contribution in [3.8, 4) is 16.9 Å². The Labute approximate surface area is 197 Å². The molecule has 0 bridgehead atoms. The molecule has 1 aromatic heterocycles. The Morgan fingerprint density at radius 2 is 1.83 bits per heavy atom. The standard InChI is InChI=1S/C22H17NO4Se.Na.H/c1-12-18(22(25)26)10-16(28-12)11-19-17-8-5-14(9-20(17)23-21(19)24)13-3-6-15(27-2)7-4-13;;/h3-11H,1-2H3,(H,23,24)(H,25,26);;/q;+1;-1/b19-11-;;. The Bertz CT molecular complexity index is 1140. The number of carbonyl (C=O) groups is 2. The summed E-state index contributed by atoms with van der Waals surface area (Å²) in [5, 5.41) is 12.2. The minimum atomic E-state index is -0.923. The number of hydrogen-bond acceptors (Lipinski definition) is 3. The van der Waals surface area contributed by atoms with Gasteiger partial charge in [-0.25, -0.2) is 0 Å². The second kappa shape index (κ2) is 8.74. The number of rotatable bonds is 4. The minimum Gasteiger partial charge on any atom is -1.00 e. The summed E-state index contributed by atoms with van der Waals surface area (Å²) in [4.78, 5) is 23.8. The fourth-order valence-corrected chi connectivity index (χ4v) is 5.25. The van der Waals surface area contributed by atoms with Crippen molar-refractivity contribution in [1.29, 1.82) is 0 Å².